The van der Waals surface area contributed by atoms with E-state index < -0.39 is 0 Å². The molecule has 0 fully saturated rings. The van der Waals surface area contributed by atoms with E-state index in [1.54, 1.807) is 12.4 Å². The molecule has 106 valence electrons. The number of carbonyl (C=O) groups excluding carboxylic acids is 1. The molecule has 0 aromatic carbocycles. The molecule has 2 aromatic rings. The largest absolute Gasteiger partial charge is 0.382 e. The summed E-state index contributed by atoms with van der Waals surface area (Å²) in [5, 5.41) is 6.62. The van der Waals surface area contributed by atoms with Gasteiger partial charge in [-0.1, -0.05) is 18.3 Å². The molecule has 2 heterocycles. The molecule has 2 aromatic heterocycles. The predicted octanol–water partition coefficient (Wildman–Crippen LogP) is 1.87. The molecule has 0 aliphatic heterocycles. The van der Waals surface area contributed by atoms with Crippen molar-refractivity contribution < 1.29 is 4.79 Å². The van der Waals surface area contributed by atoms with Crippen LogP contribution in [0.1, 0.15) is 28.6 Å². The minimum Gasteiger partial charge on any atom is -0.382 e. The molecule has 0 spiro atoms. The van der Waals surface area contributed by atoms with E-state index in [1.807, 2.05) is 12.1 Å². The number of nitrogens with zero attached hydrogens (tertiary/aromatic N) is 2. The molecule has 0 aliphatic rings. The number of nitrogens with two attached hydrogens (primary N) is 1. The van der Waals surface area contributed by atoms with Crippen LogP contribution < -0.4 is 16.4 Å². The fourth-order valence-electron chi connectivity index (χ4n) is 1.57. The summed E-state index contributed by atoms with van der Waals surface area (Å²) in [6.07, 6.45) is 4.37. The molecule has 4 N–H and O–H groups in total. The van der Waals surface area contributed by atoms with E-state index in [0.717, 1.165) is 18.5 Å². The molecule has 7 heteroatoms. The third kappa shape index (κ3) is 3.67. The number of hydrogen-bond donors (Lipinski definition) is 3. The fourth-order valence-corrected chi connectivity index (χ4v) is 2.39. The van der Waals surface area contributed by atoms with Crippen LogP contribution in [0.15, 0.2) is 24.5 Å². The van der Waals surface area contributed by atoms with E-state index in [9.17, 15) is 4.79 Å². The van der Waals surface area contributed by atoms with E-state index in [2.05, 4.69) is 27.5 Å². The summed E-state index contributed by atoms with van der Waals surface area (Å²) in [6.45, 7) is 3.31. The number of aromatic nitrogens is 2. The lowest BCUT2D eigenvalue weighted by Gasteiger charge is -2.03. The van der Waals surface area contributed by atoms with Crippen molar-refractivity contribution in [3.05, 3.63) is 35.0 Å². The number of rotatable bonds is 6. The lowest BCUT2D eigenvalue weighted by atomic mass is 10.3. The molecule has 1 amide bonds. The Hall–Kier alpha value is -2.15. The molecule has 6 nitrogen and oxygen atoms in total. The van der Waals surface area contributed by atoms with E-state index in [-0.39, 0.29) is 11.7 Å². The van der Waals surface area contributed by atoms with Crippen LogP contribution in [0, 0.1) is 0 Å². The van der Waals surface area contributed by atoms with Crippen LogP contribution >= 0.6 is 11.3 Å². The van der Waals surface area contributed by atoms with Gasteiger partial charge in [0.05, 0.1) is 0 Å². The first-order valence-electron chi connectivity index (χ1n) is 6.38. The number of amides is 1. The smallest absolute Gasteiger partial charge is 0.265 e. The molecule has 0 bridgehead atoms. The first kappa shape index (κ1) is 14.3. The second-order valence-corrected chi connectivity index (χ2v) is 5.20. The van der Waals surface area contributed by atoms with Gasteiger partial charge in [-0.3, -0.25) is 9.78 Å². The SMILES string of the molecule is CCCNc1nc(N)c(C(=O)NCc2ccncc2)s1. The number of carbonyl (C=O) groups is 1. The highest BCUT2D eigenvalue weighted by Crippen LogP contribution is 2.24. The van der Waals surface area contributed by atoms with Crippen molar-refractivity contribution in [2.45, 2.75) is 19.9 Å². The topological polar surface area (TPSA) is 92.9 Å². The van der Waals surface area contributed by atoms with E-state index in [1.165, 1.54) is 11.3 Å². The van der Waals surface area contributed by atoms with Gasteiger partial charge in [-0.25, -0.2) is 4.98 Å². The van der Waals surface area contributed by atoms with Crippen LogP contribution in [-0.2, 0) is 6.54 Å². The monoisotopic (exact) mass is 291 g/mol. The van der Waals surface area contributed by atoms with Crippen molar-refractivity contribution in [1.82, 2.24) is 15.3 Å². The zero-order valence-electron chi connectivity index (χ0n) is 11.2. The summed E-state index contributed by atoms with van der Waals surface area (Å²) >= 11 is 1.27. The third-order valence-corrected chi connectivity index (χ3v) is 3.62. The molecule has 20 heavy (non-hydrogen) atoms. The fraction of sp³-hybridized carbons (Fsp3) is 0.308. The van der Waals surface area contributed by atoms with Crippen LogP contribution in [0.25, 0.3) is 0 Å². The Bertz CT molecular complexity index is 569. The van der Waals surface area contributed by atoms with Gasteiger partial charge in [0, 0.05) is 25.5 Å². The highest BCUT2D eigenvalue weighted by Gasteiger charge is 2.15. The normalized spacial score (nSPS) is 10.2. The number of anilines is 2. The van der Waals surface area contributed by atoms with Crippen LogP contribution in [0.3, 0.4) is 0 Å². The second-order valence-electron chi connectivity index (χ2n) is 4.20. The summed E-state index contributed by atoms with van der Waals surface area (Å²) in [6, 6.07) is 3.70. The molecule has 0 aliphatic carbocycles. The number of nitrogen functional groups attached to an aromatic ring is 1. The minimum atomic E-state index is -0.207. The Labute approximate surface area is 121 Å². The first-order chi connectivity index (χ1) is 9.70. The van der Waals surface area contributed by atoms with Gasteiger partial charge in [0.1, 0.15) is 10.7 Å². The maximum absolute atomic E-state index is 12.1. The van der Waals surface area contributed by atoms with Gasteiger partial charge >= 0.3 is 0 Å². The molecule has 0 saturated carbocycles. The highest BCUT2D eigenvalue weighted by atomic mass is 32.1. The first-order valence-corrected chi connectivity index (χ1v) is 7.19. The van der Waals surface area contributed by atoms with Crippen LogP contribution in [-0.4, -0.2) is 22.4 Å². The summed E-state index contributed by atoms with van der Waals surface area (Å²) in [5.41, 5.74) is 6.76. The van der Waals surface area contributed by atoms with Gasteiger partial charge in [-0.05, 0) is 24.1 Å². The van der Waals surface area contributed by atoms with Gasteiger partial charge in [0.2, 0.25) is 0 Å². The molecule has 0 atom stereocenters. The van der Waals surface area contributed by atoms with Crippen molar-refractivity contribution >= 4 is 28.2 Å². The molecular weight excluding hydrogens is 274 g/mol. The van der Waals surface area contributed by atoms with Crippen LogP contribution in [0.2, 0.25) is 0 Å². The average Bonchev–Trinajstić information content (AvgIpc) is 2.85. The molecule has 0 unspecified atom stereocenters. The van der Waals surface area contributed by atoms with Gasteiger partial charge in [0.25, 0.3) is 5.91 Å². The van der Waals surface area contributed by atoms with E-state index in [0.29, 0.717) is 16.6 Å². The number of hydrogen-bond acceptors (Lipinski definition) is 6. The van der Waals surface area contributed by atoms with E-state index >= 15 is 0 Å². The Balaban J connectivity index is 1.96. The molecular formula is C13H17N5OS. The number of nitrogens with one attached hydrogen (secondary N) is 2. The third-order valence-electron chi connectivity index (χ3n) is 2.59. The van der Waals surface area contributed by atoms with Crippen molar-refractivity contribution in [2.24, 2.45) is 0 Å². The zero-order valence-corrected chi connectivity index (χ0v) is 12.0. The Morgan fingerprint density at radius 2 is 2.15 bits per heavy atom. The summed E-state index contributed by atoms with van der Waals surface area (Å²) in [5.74, 6) is 0.0576. The maximum Gasteiger partial charge on any atom is 0.265 e. The van der Waals surface area contributed by atoms with Gasteiger partial charge < -0.3 is 16.4 Å². The van der Waals surface area contributed by atoms with Crippen LogP contribution in [0.5, 0.6) is 0 Å². The second kappa shape index (κ2) is 6.85. The predicted molar refractivity (Wildman–Crippen MR) is 80.7 cm³/mol. The minimum absolute atomic E-state index is 0.207. The van der Waals surface area contributed by atoms with Crippen molar-refractivity contribution in [3.8, 4) is 0 Å². The Kier molecular flexibility index (Phi) is 4.89. The lowest BCUT2D eigenvalue weighted by molar-refractivity contribution is 0.0955. The molecule has 0 saturated heterocycles. The number of thiazole rings is 1. The summed E-state index contributed by atoms with van der Waals surface area (Å²) in [7, 11) is 0. The van der Waals surface area contributed by atoms with Crippen molar-refractivity contribution in [3.63, 3.8) is 0 Å². The number of pyridine rings is 1. The van der Waals surface area contributed by atoms with Crippen LogP contribution in [0.4, 0.5) is 10.9 Å². The Morgan fingerprint density at radius 3 is 2.85 bits per heavy atom. The molecule has 0 radical (unpaired) electrons. The molecule has 2 rings (SSSR count). The summed E-state index contributed by atoms with van der Waals surface area (Å²) in [4.78, 5) is 20.6. The lowest BCUT2D eigenvalue weighted by Crippen LogP contribution is -2.22. The maximum atomic E-state index is 12.1. The quantitative estimate of drug-likeness (QED) is 0.755. The van der Waals surface area contributed by atoms with Gasteiger partial charge in [0.15, 0.2) is 5.13 Å². The van der Waals surface area contributed by atoms with Crippen molar-refractivity contribution in [1.29, 1.82) is 0 Å². The zero-order chi connectivity index (χ0) is 14.4. The summed E-state index contributed by atoms with van der Waals surface area (Å²) < 4.78 is 0. The van der Waals surface area contributed by atoms with Gasteiger partial charge in [-0.2, -0.15) is 0 Å². The highest BCUT2D eigenvalue weighted by molar-refractivity contribution is 7.18. The van der Waals surface area contributed by atoms with Gasteiger partial charge in [-0.15, -0.1) is 0 Å². The standard InChI is InChI=1S/C13H17N5OS/c1-2-5-16-13-18-11(14)10(20-13)12(19)17-8-9-3-6-15-7-4-9/h3-4,6-7H,2,5,8,14H2,1H3,(H,16,18)(H,17,19). The average molecular weight is 291 g/mol. The van der Waals surface area contributed by atoms with E-state index in [4.69, 9.17) is 5.73 Å². The Morgan fingerprint density at radius 1 is 1.40 bits per heavy atom. The van der Waals surface area contributed by atoms with Crippen molar-refractivity contribution in [2.75, 3.05) is 17.6 Å².